The van der Waals surface area contributed by atoms with Gasteiger partial charge in [0.05, 0.1) is 19.3 Å². The molecule has 0 aliphatic carbocycles. The number of carbonyl (C=O) groups excluding carboxylic acids is 1. The normalized spacial score (nSPS) is 9.94. The summed E-state index contributed by atoms with van der Waals surface area (Å²) in [4.78, 5) is 18.4. The summed E-state index contributed by atoms with van der Waals surface area (Å²) in [7, 11) is 1.32. The number of azide groups is 1. The molecule has 0 aliphatic heterocycles. The topological polar surface area (TPSA) is 92.4 Å². The molecule has 0 N–H and O–H groups in total. The Balaban J connectivity index is 2.52. The molecule has 0 spiro atoms. The Morgan fingerprint density at radius 2 is 2.47 bits per heavy atom. The zero-order valence-corrected chi connectivity index (χ0v) is 9.07. The number of hydrogen-bond donors (Lipinski definition) is 0. The van der Waals surface area contributed by atoms with Gasteiger partial charge in [0.15, 0.2) is 0 Å². The third-order valence-electron chi connectivity index (χ3n) is 2.23. The van der Waals surface area contributed by atoms with Gasteiger partial charge >= 0.3 is 5.97 Å². The predicted molar refractivity (Wildman–Crippen MR) is 59.4 cm³/mol. The second kappa shape index (κ2) is 4.54. The number of carbonyl (C=O) groups is 1. The van der Waals surface area contributed by atoms with Crippen molar-refractivity contribution in [2.45, 2.75) is 6.54 Å². The van der Waals surface area contributed by atoms with E-state index in [-0.39, 0.29) is 6.54 Å². The second-order valence-electron chi connectivity index (χ2n) is 3.25. The van der Waals surface area contributed by atoms with E-state index in [0.29, 0.717) is 17.0 Å². The van der Waals surface area contributed by atoms with E-state index in [1.54, 1.807) is 28.8 Å². The molecule has 86 valence electrons. The standard InChI is InChI=1S/C10H9N5O2/c1-17-10(16)8-3-2-4-9-13-7(5-12-14-11)6-15(8)9/h2-4,6H,5H2,1H3. The van der Waals surface area contributed by atoms with E-state index in [1.807, 2.05) is 0 Å². The Morgan fingerprint density at radius 3 is 3.18 bits per heavy atom. The van der Waals surface area contributed by atoms with Gasteiger partial charge in [-0.3, -0.25) is 4.40 Å². The molecule has 2 rings (SSSR count). The van der Waals surface area contributed by atoms with Crippen LogP contribution in [0, 0.1) is 0 Å². The maximum Gasteiger partial charge on any atom is 0.355 e. The summed E-state index contributed by atoms with van der Waals surface area (Å²) in [6.07, 6.45) is 1.65. The van der Waals surface area contributed by atoms with E-state index in [0.717, 1.165) is 0 Å². The van der Waals surface area contributed by atoms with E-state index < -0.39 is 5.97 Å². The predicted octanol–water partition coefficient (Wildman–Crippen LogP) is 1.93. The number of esters is 1. The largest absolute Gasteiger partial charge is 0.464 e. The highest BCUT2D eigenvalue weighted by molar-refractivity contribution is 5.88. The first-order chi connectivity index (χ1) is 8.26. The smallest absolute Gasteiger partial charge is 0.355 e. The third-order valence-corrected chi connectivity index (χ3v) is 2.23. The Bertz CT molecular complexity index is 612. The van der Waals surface area contributed by atoms with Crippen LogP contribution >= 0.6 is 0 Å². The molecule has 2 aromatic heterocycles. The van der Waals surface area contributed by atoms with Crippen molar-refractivity contribution in [2.75, 3.05) is 7.11 Å². The Morgan fingerprint density at radius 1 is 1.65 bits per heavy atom. The fourth-order valence-corrected chi connectivity index (χ4v) is 1.51. The van der Waals surface area contributed by atoms with Crippen LogP contribution in [0.2, 0.25) is 0 Å². The van der Waals surface area contributed by atoms with Crippen molar-refractivity contribution < 1.29 is 9.53 Å². The molecular weight excluding hydrogens is 222 g/mol. The highest BCUT2D eigenvalue weighted by Crippen LogP contribution is 2.10. The van der Waals surface area contributed by atoms with Crippen molar-refractivity contribution in [3.63, 3.8) is 0 Å². The summed E-state index contributed by atoms with van der Waals surface area (Å²) in [6, 6.07) is 5.11. The van der Waals surface area contributed by atoms with Crippen molar-refractivity contribution in [1.29, 1.82) is 0 Å². The van der Waals surface area contributed by atoms with Gasteiger partial charge in [0, 0.05) is 11.1 Å². The van der Waals surface area contributed by atoms with Gasteiger partial charge in [-0.05, 0) is 17.7 Å². The van der Waals surface area contributed by atoms with E-state index in [1.165, 1.54) is 7.11 Å². The Kier molecular flexibility index (Phi) is 2.93. The molecule has 0 saturated heterocycles. The van der Waals surface area contributed by atoms with Crippen LogP contribution in [0.5, 0.6) is 0 Å². The number of imidazole rings is 1. The van der Waals surface area contributed by atoms with Crippen LogP contribution < -0.4 is 0 Å². The minimum Gasteiger partial charge on any atom is -0.464 e. The molecule has 7 nitrogen and oxygen atoms in total. The SMILES string of the molecule is COC(=O)c1cccc2nc(CN=[N+]=[N-])cn12. The zero-order chi connectivity index (χ0) is 12.3. The summed E-state index contributed by atoms with van der Waals surface area (Å²) in [5.41, 5.74) is 9.82. The molecule has 0 aliphatic rings. The summed E-state index contributed by atoms with van der Waals surface area (Å²) in [5.74, 6) is -0.441. The Hall–Kier alpha value is -2.53. The van der Waals surface area contributed by atoms with E-state index in [2.05, 4.69) is 19.7 Å². The fourth-order valence-electron chi connectivity index (χ4n) is 1.51. The monoisotopic (exact) mass is 231 g/mol. The van der Waals surface area contributed by atoms with Gasteiger partial charge in [-0.15, -0.1) is 0 Å². The number of fused-ring (bicyclic) bond motifs is 1. The van der Waals surface area contributed by atoms with Crippen LogP contribution in [0.15, 0.2) is 29.5 Å². The van der Waals surface area contributed by atoms with Gasteiger partial charge < -0.3 is 4.74 Å². The molecule has 0 aromatic carbocycles. The number of rotatable bonds is 3. The Labute approximate surface area is 96.3 Å². The molecule has 17 heavy (non-hydrogen) atoms. The van der Waals surface area contributed by atoms with Crippen LogP contribution in [0.4, 0.5) is 0 Å². The van der Waals surface area contributed by atoms with Crippen molar-refractivity contribution in [3.8, 4) is 0 Å². The van der Waals surface area contributed by atoms with Gasteiger partial charge in [-0.1, -0.05) is 11.2 Å². The van der Waals surface area contributed by atoms with Crippen molar-refractivity contribution in [2.24, 2.45) is 5.11 Å². The average molecular weight is 231 g/mol. The average Bonchev–Trinajstić information content (AvgIpc) is 2.77. The minimum absolute atomic E-state index is 0.152. The number of pyridine rings is 1. The molecule has 0 fully saturated rings. The molecule has 0 unspecified atom stereocenters. The van der Waals surface area contributed by atoms with Crippen LogP contribution in [0.1, 0.15) is 16.2 Å². The first-order valence-electron chi connectivity index (χ1n) is 4.82. The van der Waals surface area contributed by atoms with Gasteiger partial charge in [0.25, 0.3) is 0 Å². The molecule has 0 bridgehead atoms. The molecule has 0 atom stereocenters. The van der Waals surface area contributed by atoms with Crippen molar-refractivity contribution in [1.82, 2.24) is 9.38 Å². The molecule has 7 heteroatoms. The lowest BCUT2D eigenvalue weighted by Crippen LogP contribution is -2.06. The summed E-state index contributed by atoms with van der Waals surface area (Å²) in [5, 5.41) is 3.42. The van der Waals surface area contributed by atoms with E-state index >= 15 is 0 Å². The second-order valence-corrected chi connectivity index (χ2v) is 3.25. The van der Waals surface area contributed by atoms with Crippen LogP contribution in [-0.4, -0.2) is 22.5 Å². The van der Waals surface area contributed by atoms with Crippen molar-refractivity contribution in [3.05, 3.63) is 46.2 Å². The number of hydrogen-bond acceptors (Lipinski definition) is 4. The molecule has 2 heterocycles. The van der Waals surface area contributed by atoms with E-state index in [4.69, 9.17) is 5.53 Å². The molecule has 0 radical (unpaired) electrons. The number of aromatic nitrogens is 2. The third kappa shape index (κ3) is 2.04. The fraction of sp³-hybridized carbons (Fsp3) is 0.200. The van der Waals surface area contributed by atoms with E-state index in [9.17, 15) is 4.79 Å². The minimum atomic E-state index is -0.441. The number of nitrogens with zero attached hydrogens (tertiary/aromatic N) is 5. The molecule has 0 saturated carbocycles. The quantitative estimate of drug-likeness (QED) is 0.349. The molecule has 2 aromatic rings. The summed E-state index contributed by atoms with van der Waals surface area (Å²) < 4.78 is 6.27. The lowest BCUT2D eigenvalue weighted by Gasteiger charge is -2.01. The summed E-state index contributed by atoms with van der Waals surface area (Å²) in [6.45, 7) is 0.152. The van der Waals surface area contributed by atoms with Gasteiger partial charge in [-0.2, -0.15) is 0 Å². The maximum atomic E-state index is 11.5. The van der Waals surface area contributed by atoms with Crippen LogP contribution in [0.3, 0.4) is 0 Å². The van der Waals surface area contributed by atoms with Gasteiger partial charge in [0.2, 0.25) is 0 Å². The maximum absolute atomic E-state index is 11.5. The first kappa shape index (κ1) is 11.0. The molecule has 0 amide bonds. The number of methoxy groups -OCH3 is 1. The van der Waals surface area contributed by atoms with Gasteiger partial charge in [-0.25, -0.2) is 9.78 Å². The molecular formula is C10H9N5O2. The zero-order valence-electron chi connectivity index (χ0n) is 9.07. The lowest BCUT2D eigenvalue weighted by molar-refractivity contribution is 0.0592. The van der Waals surface area contributed by atoms with Gasteiger partial charge in [0.1, 0.15) is 11.3 Å². The number of ether oxygens (including phenoxy) is 1. The van der Waals surface area contributed by atoms with Crippen LogP contribution in [0.25, 0.3) is 16.1 Å². The van der Waals surface area contributed by atoms with Crippen LogP contribution in [-0.2, 0) is 11.3 Å². The lowest BCUT2D eigenvalue weighted by atomic mass is 10.3. The highest BCUT2D eigenvalue weighted by Gasteiger charge is 2.11. The first-order valence-corrected chi connectivity index (χ1v) is 4.82. The highest BCUT2D eigenvalue weighted by atomic mass is 16.5. The summed E-state index contributed by atoms with van der Waals surface area (Å²) >= 11 is 0. The van der Waals surface area contributed by atoms with Crippen molar-refractivity contribution >= 4 is 11.6 Å².